The number of ether oxygens (including phenoxy) is 1. The first-order valence-corrected chi connectivity index (χ1v) is 10.6. The van der Waals surface area contributed by atoms with Gasteiger partial charge in [0.05, 0.1) is 24.9 Å². The third kappa shape index (κ3) is 4.55. The van der Waals surface area contributed by atoms with Crippen molar-refractivity contribution in [1.29, 1.82) is 0 Å². The lowest BCUT2D eigenvalue weighted by Gasteiger charge is -2.26. The molecule has 0 unspecified atom stereocenters. The van der Waals surface area contributed by atoms with Crippen LogP contribution in [-0.4, -0.2) is 59.8 Å². The minimum Gasteiger partial charge on any atom is -0.379 e. The second-order valence-corrected chi connectivity index (χ2v) is 8.04. The number of rotatable bonds is 6. The van der Waals surface area contributed by atoms with Crippen LogP contribution in [0.1, 0.15) is 5.56 Å². The summed E-state index contributed by atoms with van der Waals surface area (Å²) >= 11 is 1.44. The standard InChI is InChI=1S/C21H24N4O3S/c1-15-2-4-16(5-3-15)17-13-29-20-19(17)21(27)25(14-23-20)12-18(26)22-6-7-24-8-10-28-11-9-24/h2-5,13-14H,6-12H2,1H3,(H,22,26). The number of benzene rings is 1. The van der Waals surface area contributed by atoms with Crippen LogP contribution in [-0.2, 0) is 16.1 Å². The monoisotopic (exact) mass is 412 g/mol. The first-order chi connectivity index (χ1) is 14.1. The number of carbonyl (C=O) groups excluding carboxylic acids is 1. The van der Waals surface area contributed by atoms with E-state index in [9.17, 15) is 9.59 Å². The van der Waals surface area contributed by atoms with E-state index in [1.807, 2.05) is 36.6 Å². The maximum absolute atomic E-state index is 13.0. The van der Waals surface area contributed by atoms with Gasteiger partial charge in [-0.15, -0.1) is 11.3 Å². The van der Waals surface area contributed by atoms with E-state index in [4.69, 9.17) is 4.74 Å². The van der Waals surface area contributed by atoms with E-state index in [0.717, 1.165) is 49.5 Å². The van der Waals surface area contributed by atoms with Gasteiger partial charge < -0.3 is 10.1 Å². The summed E-state index contributed by atoms with van der Waals surface area (Å²) < 4.78 is 6.71. The number of aromatic nitrogens is 2. The Hall–Kier alpha value is -2.55. The van der Waals surface area contributed by atoms with Gasteiger partial charge >= 0.3 is 0 Å². The average Bonchev–Trinajstić information content (AvgIpc) is 3.16. The molecule has 7 nitrogen and oxygen atoms in total. The molecule has 0 spiro atoms. The number of hydrogen-bond donors (Lipinski definition) is 1. The summed E-state index contributed by atoms with van der Waals surface area (Å²) in [7, 11) is 0. The van der Waals surface area contributed by atoms with Crippen molar-refractivity contribution < 1.29 is 9.53 Å². The highest BCUT2D eigenvalue weighted by atomic mass is 32.1. The lowest BCUT2D eigenvalue weighted by Crippen LogP contribution is -2.42. The summed E-state index contributed by atoms with van der Waals surface area (Å²) in [5.74, 6) is -0.186. The van der Waals surface area contributed by atoms with Crippen molar-refractivity contribution in [2.24, 2.45) is 0 Å². The Kier molecular flexibility index (Phi) is 6.03. The SMILES string of the molecule is Cc1ccc(-c2csc3ncn(CC(=O)NCCN4CCOCC4)c(=O)c23)cc1. The molecule has 1 amide bonds. The molecule has 8 heteroatoms. The van der Waals surface area contributed by atoms with Crippen LogP contribution >= 0.6 is 11.3 Å². The van der Waals surface area contributed by atoms with Gasteiger partial charge in [-0.25, -0.2) is 4.98 Å². The number of hydrogen-bond acceptors (Lipinski definition) is 6. The van der Waals surface area contributed by atoms with Crippen molar-refractivity contribution in [3.63, 3.8) is 0 Å². The van der Waals surface area contributed by atoms with Gasteiger partial charge in [-0.2, -0.15) is 0 Å². The normalized spacial score (nSPS) is 14.9. The lowest BCUT2D eigenvalue weighted by molar-refractivity contribution is -0.121. The van der Waals surface area contributed by atoms with E-state index in [1.165, 1.54) is 22.2 Å². The summed E-state index contributed by atoms with van der Waals surface area (Å²) in [6.07, 6.45) is 1.46. The Balaban J connectivity index is 1.47. The molecule has 1 saturated heterocycles. The number of carbonyl (C=O) groups is 1. The molecule has 3 heterocycles. The fraction of sp³-hybridized carbons (Fsp3) is 0.381. The van der Waals surface area contributed by atoms with Gasteiger partial charge in [0.2, 0.25) is 5.91 Å². The molecule has 0 atom stereocenters. The molecule has 1 fully saturated rings. The molecule has 3 aromatic rings. The molecule has 0 aliphatic carbocycles. The zero-order chi connectivity index (χ0) is 20.2. The number of fused-ring (bicyclic) bond motifs is 1. The Morgan fingerprint density at radius 2 is 2.00 bits per heavy atom. The van der Waals surface area contributed by atoms with Crippen LogP contribution in [0.4, 0.5) is 0 Å². The third-order valence-electron chi connectivity index (χ3n) is 5.09. The van der Waals surface area contributed by atoms with Gasteiger partial charge in [-0.1, -0.05) is 29.8 Å². The van der Waals surface area contributed by atoms with E-state index in [1.54, 1.807) is 0 Å². The molecular formula is C21H24N4O3S. The van der Waals surface area contributed by atoms with Gasteiger partial charge in [0.1, 0.15) is 11.4 Å². The Labute approximate surface area is 172 Å². The van der Waals surface area contributed by atoms with Crippen molar-refractivity contribution in [2.45, 2.75) is 13.5 Å². The minimum atomic E-state index is -0.186. The van der Waals surface area contributed by atoms with E-state index >= 15 is 0 Å². The maximum atomic E-state index is 13.0. The summed E-state index contributed by atoms with van der Waals surface area (Å²) in [5.41, 5.74) is 2.82. The van der Waals surface area contributed by atoms with Crippen LogP contribution in [0.15, 0.2) is 40.8 Å². The predicted octanol–water partition coefficient (Wildman–Crippen LogP) is 1.88. The molecule has 0 bridgehead atoms. The highest BCUT2D eigenvalue weighted by Gasteiger charge is 2.15. The number of thiophene rings is 1. The largest absolute Gasteiger partial charge is 0.379 e. The predicted molar refractivity (Wildman–Crippen MR) is 114 cm³/mol. The second-order valence-electron chi connectivity index (χ2n) is 7.18. The molecule has 0 saturated carbocycles. The molecule has 1 aromatic carbocycles. The summed E-state index contributed by atoms with van der Waals surface area (Å²) in [5, 5.41) is 5.42. The highest BCUT2D eigenvalue weighted by Crippen LogP contribution is 2.30. The van der Waals surface area contributed by atoms with Crippen LogP contribution in [0.2, 0.25) is 0 Å². The molecule has 1 aliphatic heterocycles. The van der Waals surface area contributed by atoms with Crippen LogP contribution in [0.3, 0.4) is 0 Å². The van der Waals surface area contributed by atoms with Crippen molar-refractivity contribution in [3.8, 4) is 11.1 Å². The zero-order valence-electron chi connectivity index (χ0n) is 16.4. The molecule has 29 heavy (non-hydrogen) atoms. The topological polar surface area (TPSA) is 76.5 Å². The maximum Gasteiger partial charge on any atom is 0.263 e. The number of amides is 1. The Morgan fingerprint density at radius 1 is 1.24 bits per heavy atom. The number of aryl methyl sites for hydroxylation is 1. The third-order valence-corrected chi connectivity index (χ3v) is 5.98. The number of nitrogens with zero attached hydrogens (tertiary/aromatic N) is 3. The summed E-state index contributed by atoms with van der Waals surface area (Å²) in [6, 6.07) is 8.06. The van der Waals surface area contributed by atoms with E-state index in [2.05, 4.69) is 15.2 Å². The van der Waals surface area contributed by atoms with Crippen LogP contribution in [0.25, 0.3) is 21.3 Å². The Bertz CT molecular complexity index is 1050. The molecule has 0 radical (unpaired) electrons. The van der Waals surface area contributed by atoms with Crippen molar-refractivity contribution in [2.75, 3.05) is 39.4 Å². The lowest BCUT2D eigenvalue weighted by atomic mass is 10.1. The van der Waals surface area contributed by atoms with E-state index in [-0.39, 0.29) is 18.0 Å². The molecule has 4 rings (SSSR count). The molecular weight excluding hydrogens is 388 g/mol. The van der Waals surface area contributed by atoms with Gasteiger partial charge in [-0.3, -0.25) is 19.1 Å². The quantitative estimate of drug-likeness (QED) is 0.669. The van der Waals surface area contributed by atoms with Crippen LogP contribution < -0.4 is 10.9 Å². The van der Waals surface area contributed by atoms with Gasteiger partial charge in [0, 0.05) is 37.1 Å². The Morgan fingerprint density at radius 3 is 2.76 bits per heavy atom. The van der Waals surface area contributed by atoms with Crippen molar-refractivity contribution >= 4 is 27.5 Å². The average molecular weight is 413 g/mol. The number of morpholine rings is 1. The van der Waals surface area contributed by atoms with Gasteiger partial charge in [-0.05, 0) is 12.5 Å². The fourth-order valence-corrected chi connectivity index (χ4v) is 4.32. The smallest absolute Gasteiger partial charge is 0.263 e. The number of nitrogens with one attached hydrogen (secondary N) is 1. The zero-order valence-corrected chi connectivity index (χ0v) is 17.2. The van der Waals surface area contributed by atoms with Crippen LogP contribution in [0.5, 0.6) is 0 Å². The van der Waals surface area contributed by atoms with Crippen LogP contribution in [0, 0.1) is 6.92 Å². The molecule has 152 valence electrons. The molecule has 1 aliphatic rings. The molecule has 2 aromatic heterocycles. The first-order valence-electron chi connectivity index (χ1n) is 9.72. The van der Waals surface area contributed by atoms with E-state index in [0.29, 0.717) is 16.8 Å². The summed E-state index contributed by atoms with van der Waals surface area (Å²) in [4.78, 5) is 32.7. The second kappa shape index (κ2) is 8.86. The first kappa shape index (κ1) is 19.8. The van der Waals surface area contributed by atoms with Crippen molar-refractivity contribution in [3.05, 3.63) is 51.9 Å². The van der Waals surface area contributed by atoms with Crippen molar-refractivity contribution in [1.82, 2.24) is 19.8 Å². The fourth-order valence-electron chi connectivity index (χ4n) is 3.41. The minimum absolute atomic E-state index is 0.0337. The highest BCUT2D eigenvalue weighted by molar-refractivity contribution is 7.17. The van der Waals surface area contributed by atoms with E-state index < -0.39 is 0 Å². The van der Waals surface area contributed by atoms with Gasteiger partial charge in [0.15, 0.2) is 0 Å². The molecule has 1 N–H and O–H groups in total. The summed E-state index contributed by atoms with van der Waals surface area (Å²) in [6.45, 7) is 6.57. The van der Waals surface area contributed by atoms with Gasteiger partial charge in [0.25, 0.3) is 5.56 Å².